The molecule has 2 rings (SSSR count). The summed E-state index contributed by atoms with van der Waals surface area (Å²) in [5.41, 5.74) is 6.79. The van der Waals surface area contributed by atoms with E-state index in [2.05, 4.69) is 0 Å². The molecule has 0 aliphatic heterocycles. The molecule has 4 heteroatoms. The molecule has 1 aliphatic carbocycles. The molecule has 0 radical (unpaired) electrons. The summed E-state index contributed by atoms with van der Waals surface area (Å²) in [6.45, 7) is 1.90. The largest absolute Gasteiger partial charge is 0.416 e. The lowest BCUT2D eigenvalue weighted by atomic mass is 9.77. The molecule has 1 nitrogen and oxygen atoms in total. The summed E-state index contributed by atoms with van der Waals surface area (Å²) in [7, 11) is 0. The zero-order valence-electron chi connectivity index (χ0n) is 7.65. The van der Waals surface area contributed by atoms with Crippen LogP contribution in [-0.4, -0.2) is 0 Å². The normalized spacial score (nSPS) is 20.1. The Kier molecular flexibility index (Phi) is 1.77. The van der Waals surface area contributed by atoms with E-state index in [1.54, 1.807) is 0 Å². The fourth-order valence-corrected chi connectivity index (χ4v) is 1.84. The topological polar surface area (TPSA) is 26.0 Å². The molecule has 0 saturated carbocycles. The van der Waals surface area contributed by atoms with Gasteiger partial charge in [-0.2, -0.15) is 13.2 Å². The number of fused-ring (bicyclic) bond motifs is 1. The van der Waals surface area contributed by atoms with Crippen molar-refractivity contribution in [1.29, 1.82) is 0 Å². The van der Waals surface area contributed by atoms with Gasteiger partial charge < -0.3 is 5.73 Å². The number of rotatable bonds is 0. The molecule has 1 atom stereocenters. The minimum absolute atomic E-state index is 0.203. The van der Waals surface area contributed by atoms with Crippen LogP contribution < -0.4 is 5.73 Å². The predicted molar refractivity (Wildman–Crippen MR) is 48.0 cm³/mol. The minimum Gasteiger partial charge on any atom is -0.398 e. The molecule has 0 amide bonds. The van der Waals surface area contributed by atoms with Gasteiger partial charge in [0.15, 0.2) is 0 Å². The SMILES string of the molecule is CC1Cc2c(N)cc(C(F)(F)F)cc21. The van der Waals surface area contributed by atoms with Crippen molar-refractivity contribution in [2.75, 3.05) is 5.73 Å². The lowest BCUT2D eigenvalue weighted by Gasteiger charge is -2.29. The zero-order chi connectivity index (χ0) is 10.5. The quantitative estimate of drug-likeness (QED) is 0.641. The zero-order valence-corrected chi connectivity index (χ0v) is 7.65. The van der Waals surface area contributed by atoms with Gasteiger partial charge in [0.2, 0.25) is 0 Å². The van der Waals surface area contributed by atoms with Gasteiger partial charge in [0, 0.05) is 5.69 Å². The van der Waals surface area contributed by atoms with Crippen LogP contribution in [0.25, 0.3) is 0 Å². The van der Waals surface area contributed by atoms with Crippen LogP contribution in [0.3, 0.4) is 0 Å². The Balaban J connectivity index is 2.52. The van der Waals surface area contributed by atoms with Crippen molar-refractivity contribution in [2.45, 2.75) is 25.4 Å². The maximum absolute atomic E-state index is 12.4. The summed E-state index contributed by atoms with van der Waals surface area (Å²) in [6, 6.07) is 2.23. The van der Waals surface area contributed by atoms with Gasteiger partial charge in [-0.25, -0.2) is 0 Å². The van der Waals surface area contributed by atoms with Crippen LogP contribution in [0.5, 0.6) is 0 Å². The predicted octanol–water partition coefficient (Wildman–Crippen LogP) is 2.95. The Labute approximate surface area is 79.7 Å². The summed E-state index contributed by atoms with van der Waals surface area (Å²) in [5, 5.41) is 0. The van der Waals surface area contributed by atoms with Crippen molar-refractivity contribution in [1.82, 2.24) is 0 Å². The van der Waals surface area contributed by atoms with Crippen LogP contribution in [0.4, 0.5) is 18.9 Å². The number of hydrogen-bond donors (Lipinski definition) is 1. The molecule has 0 heterocycles. The Bertz CT molecular complexity index is 382. The summed E-state index contributed by atoms with van der Waals surface area (Å²) >= 11 is 0. The molecule has 2 N–H and O–H groups in total. The standard InChI is InChI=1S/C10H10F3N/c1-5-2-8-7(5)3-6(4-9(8)14)10(11,12)13/h3-5H,2,14H2,1H3. The first-order valence-electron chi connectivity index (χ1n) is 4.39. The Morgan fingerprint density at radius 2 is 2.00 bits per heavy atom. The first-order valence-corrected chi connectivity index (χ1v) is 4.39. The molecule has 1 unspecified atom stereocenters. The van der Waals surface area contributed by atoms with Crippen LogP contribution in [0.2, 0.25) is 0 Å². The van der Waals surface area contributed by atoms with Gasteiger partial charge in [0.05, 0.1) is 5.56 Å². The van der Waals surface area contributed by atoms with Gasteiger partial charge in [-0.15, -0.1) is 0 Å². The van der Waals surface area contributed by atoms with Crippen molar-refractivity contribution in [2.24, 2.45) is 0 Å². The molecule has 1 aliphatic rings. The lowest BCUT2D eigenvalue weighted by Crippen LogP contribution is -2.19. The molecule has 76 valence electrons. The maximum Gasteiger partial charge on any atom is 0.416 e. The van der Waals surface area contributed by atoms with E-state index in [0.717, 1.165) is 23.6 Å². The van der Waals surface area contributed by atoms with Crippen LogP contribution in [0, 0.1) is 0 Å². The van der Waals surface area contributed by atoms with Gasteiger partial charge in [-0.3, -0.25) is 0 Å². The number of anilines is 1. The summed E-state index contributed by atoms with van der Waals surface area (Å²) in [6.07, 6.45) is -3.50. The third-order valence-corrected chi connectivity index (χ3v) is 2.69. The average Bonchev–Trinajstić information content (AvgIpc) is 2.04. The Morgan fingerprint density at radius 1 is 1.36 bits per heavy atom. The Morgan fingerprint density at radius 3 is 2.50 bits per heavy atom. The molecular formula is C10H10F3N. The fourth-order valence-electron chi connectivity index (χ4n) is 1.84. The number of nitrogen functional groups attached to an aromatic ring is 1. The van der Waals surface area contributed by atoms with E-state index in [1.807, 2.05) is 6.92 Å². The second-order valence-corrected chi connectivity index (χ2v) is 3.74. The molecule has 0 bridgehead atoms. The van der Waals surface area contributed by atoms with Crippen LogP contribution >= 0.6 is 0 Å². The summed E-state index contributed by atoms with van der Waals surface area (Å²) in [5.74, 6) is 0.203. The van der Waals surface area contributed by atoms with Gasteiger partial charge >= 0.3 is 6.18 Å². The fraction of sp³-hybridized carbons (Fsp3) is 0.400. The Hall–Kier alpha value is -1.19. The molecule has 0 aromatic heterocycles. The first kappa shape index (κ1) is 9.37. The first-order chi connectivity index (χ1) is 6.39. The van der Waals surface area contributed by atoms with Crippen molar-refractivity contribution in [3.63, 3.8) is 0 Å². The third kappa shape index (κ3) is 1.25. The van der Waals surface area contributed by atoms with Crippen molar-refractivity contribution in [3.8, 4) is 0 Å². The molecule has 0 fully saturated rings. The monoisotopic (exact) mass is 201 g/mol. The highest BCUT2D eigenvalue weighted by Crippen LogP contribution is 2.42. The van der Waals surface area contributed by atoms with E-state index < -0.39 is 11.7 Å². The highest BCUT2D eigenvalue weighted by atomic mass is 19.4. The van der Waals surface area contributed by atoms with Crippen LogP contribution in [0.15, 0.2) is 12.1 Å². The van der Waals surface area contributed by atoms with Gasteiger partial charge in [0.25, 0.3) is 0 Å². The van der Waals surface area contributed by atoms with Crippen LogP contribution in [0.1, 0.15) is 29.5 Å². The average molecular weight is 201 g/mol. The summed E-state index contributed by atoms with van der Waals surface area (Å²) < 4.78 is 37.1. The second-order valence-electron chi connectivity index (χ2n) is 3.74. The van der Waals surface area contributed by atoms with Gasteiger partial charge in [-0.1, -0.05) is 6.92 Å². The minimum atomic E-state index is -4.29. The maximum atomic E-state index is 12.4. The molecule has 0 spiro atoms. The van der Waals surface area contributed by atoms with Crippen LogP contribution in [-0.2, 0) is 12.6 Å². The molecular weight excluding hydrogens is 191 g/mol. The highest BCUT2D eigenvalue weighted by Gasteiger charge is 2.34. The smallest absolute Gasteiger partial charge is 0.398 e. The molecule has 14 heavy (non-hydrogen) atoms. The van der Waals surface area contributed by atoms with Crippen molar-refractivity contribution >= 4 is 5.69 Å². The number of hydrogen-bond acceptors (Lipinski definition) is 1. The number of nitrogens with two attached hydrogens (primary N) is 1. The lowest BCUT2D eigenvalue weighted by molar-refractivity contribution is -0.137. The van der Waals surface area contributed by atoms with Crippen molar-refractivity contribution < 1.29 is 13.2 Å². The molecule has 1 aromatic rings. The van der Waals surface area contributed by atoms with E-state index in [1.165, 1.54) is 6.07 Å². The van der Waals surface area contributed by atoms with E-state index >= 15 is 0 Å². The second kappa shape index (κ2) is 2.65. The van der Waals surface area contributed by atoms with E-state index in [0.29, 0.717) is 0 Å². The molecule has 1 aromatic carbocycles. The van der Waals surface area contributed by atoms with Crippen molar-refractivity contribution in [3.05, 3.63) is 28.8 Å². The highest BCUT2D eigenvalue weighted by molar-refractivity contribution is 5.59. The van der Waals surface area contributed by atoms with E-state index in [9.17, 15) is 13.2 Å². The van der Waals surface area contributed by atoms with Gasteiger partial charge in [0.1, 0.15) is 0 Å². The van der Waals surface area contributed by atoms with E-state index in [4.69, 9.17) is 5.73 Å². The summed E-state index contributed by atoms with van der Waals surface area (Å²) in [4.78, 5) is 0. The number of benzene rings is 1. The van der Waals surface area contributed by atoms with E-state index in [-0.39, 0.29) is 11.6 Å². The third-order valence-electron chi connectivity index (χ3n) is 2.69. The number of alkyl halides is 3. The number of halogens is 3. The molecule has 0 saturated heterocycles. The van der Waals surface area contributed by atoms with Gasteiger partial charge in [-0.05, 0) is 35.6 Å².